The molecule has 1 unspecified atom stereocenters. The first-order valence-electron chi connectivity index (χ1n) is 7.91. The average molecular weight is 482 g/mol. The Labute approximate surface area is 179 Å². The van der Waals surface area contributed by atoms with Crippen molar-refractivity contribution in [1.29, 1.82) is 5.26 Å². The fraction of sp³-hybridized carbons (Fsp3) is 0.0526. The number of hydrazine groups is 1. The van der Waals surface area contributed by atoms with E-state index in [9.17, 15) is 4.39 Å². The molecule has 3 rings (SSSR count). The lowest BCUT2D eigenvalue weighted by molar-refractivity contribution is 0.137. The summed E-state index contributed by atoms with van der Waals surface area (Å²) in [6.07, 6.45) is 1.53. The summed E-state index contributed by atoms with van der Waals surface area (Å²) >= 11 is 15.5. The number of halogens is 4. The normalized spacial score (nSPS) is 11.7. The van der Waals surface area contributed by atoms with Crippen LogP contribution in [0.15, 0.2) is 59.2 Å². The number of hydrogen-bond donors (Lipinski definition) is 2. The number of nitriles is 1. The molecule has 0 bridgehead atoms. The summed E-state index contributed by atoms with van der Waals surface area (Å²) in [6, 6.07) is 14.1. The number of benzene rings is 2. The van der Waals surface area contributed by atoms with E-state index < -0.39 is 11.9 Å². The van der Waals surface area contributed by atoms with E-state index in [-0.39, 0.29) is 11.3 Å². The van der Waals surface area contributed by atoms with Crippen molar-refractivity contribution in [1.82, 2.24) is 16.0 Å². The summed E-state index contributed by atoms with van der Waals surface area (Å²) in [5, 5.41) is 9.87. The molecular formula is C19H12BrCl2FN4O. The van der Waals surface area contributed by atoms with Gasteiger partial charge in [0.25, 0.3) is 0 Å². The van der Waals surface area contributed by atoms with Gasteiger partial charge in [-0.2, -0.15) is 5.26 Å². The Kier molecular flexibility index (Phi) is 6.83. The van der Waals surface area contributed by atoms with Crippen molar-refractivity contribution in [2.75, 3.05) is 0 Å². The molecule has 142 valence electrons. The van der Waals surface area contributed by atoms with Gasteiger partial charge in [0.05, 0.1) is 22.3 Å². The van der Waals surface area contributed by atoms with Gasteiger partial charge in [0.2, 0.25) is 0 Å². The second kappa shape index (κ2) is 9.32. The molecule has 0 aliphatic carbocycles. The minimum atomic E-state index is -0.668. The predicted molar refractivity (Wildman–Crippen MR) is 108 cm³/mol. The van der Waals surface area contributed by atoms with Crippen molar-refractivity contribution in [3.8, 4) is 11.8 Å². The number of hydrogen-bond acceptors (Lipinski definition) is 5. The summed E-state index contributed by atoms with van der Waals surface area (Å²) in [5.41, 5.74) is 7.02. The summed E-state index contributed by atoms with van der Waals surface area (Å²) in [7, 11) is 0. The molecule has 1 heterocycles. The average Bonchev–Trinajstić information content (AvgIpc) is 2.67. The molecule has 28 heavy (non-hydrogen) atoms. The van der Waals surface area contributed by atoms with Gasteiger partial charge in [-0.05, 0) is 42.0 Å². The lowest BCUT2D eigenvalue weighted by Crippen LogP contribution is -2.39. The molecule has 2 aromatic carbocycles. The fourth-order valence-electron chi connectivity index (χ4n) is 2.40. The lowest BCUT2D eigenvalue weighted by atomic mass is 10.0. The third-order valence-electron chi connectivity index (χ3n) is 3.75. The van der Waals surface area contributed by atoms with Gasteiger partial charge >= 0.3 is 0 Å². The molecule has 1 atom stereocenters. The quantitative estimate of drug-likeness (QED) is 0.465. The Morgan fingerprint density at radius 3 is 2.54 bits per heavy atom. The Morgan fingerprint density at radius 2 is 1.89 bits per heavy atom. The molecule has 0 spiro atoms. The molecule has 3 aromatic rings. The molecule has 5 nitrogen and oxygen atoms in total. The van der Waals surface area contributed by atoms with Crippen LogP contribution in [-0.4, -0.2) is 4.98 Å². The fourth-order valence-corrected chi connectivity index (χ4v) is 3.43. The minimum Gasteiger partial charge on any atom is -0.394 e. The number of pyridine rings is 1. The highest BCUT2D eigenvalue weighted by Crippen LogP contribution is 2.30. The van der Waals surface area contributed by atoms with Gasteiger partial charge in [0.1, 0.15) is 11.9 Å². The molecule has 0 radical (unpaired) electrons. The standard InChI is InChI=1S/C19H12BrCl2FN4O/c20-16-7-12(21)2-5-15(16)19(18-6-3-13(22)10-25-18)26-27-28-14-4-1-11(9-24)17(23)8-14/h1-8,10,19,26-27H. The molecule has 0 saturated carbocycles. The molecular weight excluding hydrogens is 470 g/mol. The van der Waals surface area contributed by atoms with Gasteiger partial charge in [0.15, 0.2) is 5.75 Å². The van der Waals surface area contributed by atoms with Crippen molar-refractivity contribution in [2.45, 2.75) is 6.04 Å². The van der Waals surface area contributed by atoms with E-state index in [1.54, 1.807) is 30.3 Å². The van der Waals surface area contributed by atoms with E-state index in [2.05, 4.69) is 31.9 Å². The predicted octanol–water partition coefficient (Wildman–Crippen LogP) is 5.34. The zero-order chi connectivity index (χ0) is 20.1. The molecule has 2 N–H and O–H groups in total. The van der Waals surface area contributed by atoms with E-state index >= 15 is 0 Å². The first-order valence-corrected chi connectivity index (χ1v) is 9.46. The molecule has 0 saturated heterocycles. The van der Waals surface area contributed by atoms with Gasteiger partial charge in [-0.3, -0.25) is 4.98 Å². The van der Waals surface area contributed by atoms with Crippen LogP contribution in [0.25, 0.3) is 0 Å². The highest BCUT2D eigenvalue weighted by Gasteiger charge is 2.18. The Balaban J connectivity index is 1.80. The first-order chi connectivity index (χ1) is 13.5. The van der Waals surface area contributed by atoms with Crippen LogP contribution >= 0.6 is 39.1 Å². The van der Waals surface area contributed by atoms with Crippen LogP contribution in [0.4, 0.5) is 4.39 Å². The highest BCUT2D eigenvalue weighted by atomic mass is 79.9. The molecule has 1 aromatic heterocycles. The summed E-state index contributed by atoms with van der Waals surface area (Å²) in [5.74, 6) is -0.472. The zero-order valence-corrected chi connectivity index (χ0v) is 17.2. The zero-order valence-electron chi connectivity index (χ0n) is 14.1. The summed E-state index contributed by atoms with van der Waals surface area (Å²) < 4.78 is 14.5. The van der Waals surface area contributed by atoms with Gasteiger partial charge in [-0.1, -0.05) is 50.8 Å². The lowest BCUT2D eigenvalue weighted by Gasteiger charge is -2.21. The Bertz CT molecular complexity index is 1030. The van der Waals surface area contributed by atoms with Crippen molar-refractivity contribution in [2.24, 2.45) is 0 Å². The smallest absolute Gasteiger partial charge is 0.152 e. The van der Waals surface area contributed by atoms with E-state index in [1.165, 1.54) is 18.3 Å². The van der Waals surface area contributed by atoms with Crippen LogP contribution in [0.1, 0.15) is 22.9 Å². The maximum absolute atomic E-state index is 13.7. The third kappa shape index (κ3) is 4.98. The molecule has 0 fully saturated rings. The van der Waals surface area contributed by atoms with Crippen LogP contribution in [-0.2, 0) is 0 Å². The van der Waals surface area contributed by atoms with Crippen LogP contribution < -0.4 is 15.9 Å². The van der Waals surface area contributed by atoms with E-state index in [1.807, 2.05) is 6.07 Å². The summed E-state index contributed by atoms with van der Waals surface area (Å²) in [4.78, 5) is 9.68. The van der Waals surface area contributed by atoms with Gasteiger partial charge < -0.3 is 4.84 Å². The van der Waals surface area contributed by atoms with Gasteiger partial charge in [-0.15, -0.1) is 0 Å². The minimum absolute atomic E-state index is 0.0614. The summed E-state index contributed by atoms with van der Waals surface area (Å²) in [6.45, 7) is 0. The maximum atomic E-state index is 13.7. The van der Waals surface area contributed by atoms with Crippen molar-refractivity contribution in [3.05, 3.63) is 91.9 Å². The van der Waals surface area contributed by atoms with Crippen molar-refractivity contribution < 1.29 is 9.23 Å². The molecule has 0 aliphatic heterocycles. The molecule has 0 amide bonds. The monoisotopic (exact) mass is 480 g/mol. The van der Waals surface area contributed by atoms with Gasteiger partial charge in [-0.25, -0.2) is 9.82 Å². The molecule has 9 heteroatoms. The second-order valence-corrected chi connectivity index (χ2v) is 7.33. The first kappa shape index (κ1) is 20.5. The number of nitrogens with one attached hydrogen (secondary N) is 2. The molecule has 0 aliphatic rings. The van der Waals surface area contributed by atoms with Crippen molar-refractivity contribution >= 4 is 39.1 Å². The van der Waals surface area contributed by atoms with Crippen LogP contribution in [0.3, 0.4) is 0 Å². The highest BCUT2D eigenvalue weighted by molar-refractivity contribution is 9.10. The second-order valence-electron chi connectivity index (χ2n) is 5.60. The topological polar surface area (TPSA) is 70.0 Å². The number of rotatable bonds is 6. The SMILES string of the molecule is N#Cc1ccc(ONNC(c2ccc(Cl)cn2)c2ccc(Cl)cc2Br)cc1F. The number of aromatic nitrogens is 1. The van der Waals surface area contributed by atoms with Gasteiger partial charge in [0, 0.05) is 21.8 Å². The maximum Gasteiger partial charge on any atom is 0.152 e. The Hall–Kier alpha value is -2.21. The third-order valence-corrected chi connectivity index (χ3v) is 4.90. The van der Waals surface area contributed by atoms with Crippen molar-refractivity contribution in [3.63, 3.8) is 0 Å². The van der Waals surface area contributed by atoms with E-state index in [0.717, 1.165) is 16.1 Å². The van der Waals surface area contributed by atoms with Crippen LogP contribution in [0, 0.1) is 17.1 Å². The van der Waals surface area contributed by atoms with E-state index in [0.29, 0.717) is 15.7 Å². The van der Waals surface area contributed by atoms with Crippen LogP contribution in [0.2, 0.25) is 10.0 Å². The van der Waals surface area contributed by atoms with E-state index in [4.69, 9.17) is 33.3 Å². The number of nitrogens with zero attached hydrogens (tertiary/aromatic N) is 2. The Morgan fingerprint density at radius 1 is 1.11 bits per heavy atom. The van der Waals surface area contributed by atoms with Crippen LogP contribution in [0.5, 0.6) is 5.75 Å². The largest absolute Gasteiger partial charge is 0.394 e.